The van der Waals surface area contributed by atoms with Crippen molar-refractivity contribution in [3.05, 3.63) is 0 Å². The summed E-state index contributed by atoms with van der Waals surface area (Å²) < 4.78 is 4.82. The van der Waals surface area contributed by atoms with Crippen LogP contribution < -0.4 is 0 Å². The molecular formula is C23H46O5. The van der Waals surface area contributed by atoms with Crippen LogP contribution in [-0.2, 0) is 14.3 Å². The van der Waals surface area contributed by atoms with E-state index in [0.29, 0.717) is 6.42 Å². The number of aliphatic carboxylic acids is 1. The first-order valence-electron chi connectivity index (χ1n) is 11.4. The molecule has 0 amide bonds. The van der Waals surface area contributed by atoms with E-state index in [1.165, 1.54) is 70.6 Å². The van der Waals surface area contributed by atoms with Crippen molar-refractivity contribution in [1.29, 1.82) is 0 Å². The van der Waals surface area contributed by atoms with Crippen LogP contribution in [0.1, 0.15) is 117 Å². The highest BCUT2D eigenvalue weighted by molar-refractivity contribution is 5.69. The number of ether oxygens (including phenoxy) is 1. The van der Waals surface area contributed by atoms with Gasteiger partial charge < -0.3 is 14.9 Å². The Hall–Kier alpha value is -1.10. The van der Waals surface area contributed by atoms with Gasteiger partial charge >= 0.3 is 11.9 Å². The maximum absolute atomic E-state index is 11.2. The standard InChI is InChI=1S/C20H40O3.C3H6O2/c1-19(2)15-13-11-9-7-5-3-4-6-8-10-12-14-16-20(22)23-18-17-21;1-2-3(4)5/h19,21H,3-18H2,1-2H3;2H2,1H3,(H,4,5). The van der Waals surface area contributed by atoms with Crippen molar-refractivity contribution >= 4 is 11.9 Å². The molecule has 0 heterocycles. The molecule has 0 saturated heterocycles. The fourth-order valence-corrected chi connectivity index (χ4v) is 2.82. The van der Waals surface area contributed by atoms with Crippen LogP contribution in [0.5, 0.6) is 0 Å². The number of hydrogen-bond donors (Lipinski definition) is 2. The maximum atomic E-state index is 11.2. The van der Waals surface area contributed by atoms with Crippen LogP contribution in [0.2, 0.25) is 0 Å². The van der Waals surface area contributed by atoms with Gasteiger partial charge in [-0.15, -0.1) is 0 Å². The number of aliphatic hydroxyl groups excluding tert-OH is 1. The lowest BCUT2D eigenvalue weighted by Crippen LogP contribution is -2.07. The summed E-state index contributed by atoms with van der Waals surface area (Å²) in [5.41, 5.74) is 0. The molecule has 0 aromatic rings. The molecule has 0 bridgehead atoms. The molecule has 0 fully saturated rings. The molecule has 0 aliphatic rings. The topological polar surface area (TPSA) is 83.8 Å². The average Bonchev–Trinajstić information content (AvgIpc) is 2.66. The highest BCUT2D eigenvalue weighted by atomic mass is 16.5. The first kappa shape index (κ1) is 29.1. The Morgan fingerprint density at radius 2 is 1.18 bits per heavy atom. The smallest absolute Gasteiger partial charge is 0.305 e. The van der Waals surface area contributed by atoms with Crippen molar-refractivity contribution < 1.29 is 24.5 Å². The van der Waals surface area contributed by atoms with Crippen molar-refractivity contribution in [3.8, 4) is 0 Å². The second-order valence-electron chi connectivity index (χ2n) is 7.87. The molecule has 0 aromatic heterocycles. The highest BCUT2D eigenvalue weighted by Gasteiger charge is 2.01. The van der Waals surface area contributed by atoms with Crippen LogP contribution in [0.3, 0.4) is 0 Å². The highest BCUT2D eigenvalue weighted by Crippen LogP contribution is 2.14. The zero-order valence-corrected chi connectivity index (χ0v) is 18.7. The predicted molar refractivity (Wildman–Crippen MR) is 115 cm³/mol. The van der Waals surface area contributed by atoms with Crippen molar-refractivity contribution in [2.24, 2.45) is 5.92 Å². The van der Waals surface area contributed by atoms with Crippen LogP contribution in [-0.4, -0.2) is 35.4 Å². The number of carboxylic acids is 1. The van der Waals surface area contributed by atoms with Crippen LogP contribution in [0.25, 0.3) is 0 Å². The molecule has 0 atom stereocenters. The lowest BCUT2D eigenvalue weighted by atomic mass is 10.0. The van der Waals surface area contributed by atoms with E-state index in [1.807, 2.05) is 0 Å². The van der Waals surface area contributed by atoms with Gasteiger partial charge in [-0.3, -0.25) is 9.59 Å². The van der Waals surface area contributed by atoms with Gasteiger partial charge in [-0.1, -0.05) is 97.8 Å². The van der Waals surface area contributed by atoms with Crippen molar-refractivity contribution in [2.75, 3.05) is 13.2 Å². The molecule has 168 valence electrons. The molecule has 0 radical (unpaired) electrons. The fraction of sp³-hybridized carbons (Fsp3) is 0.913. The molecule has 0 aromatic carbocycles. The molecule has 0 rings (SSSR count). The van der Waals surface area contributed by atoms with Crippen LogP contribution in [0.4, 0.5) is 0 Å². The van der Waals surface area contributed by atoms with E-state index in [2.05, 4.69) is 13.8 Å². The Morgan fingerprint density at radius 3 is 1.54 bits per heavy atom. The van der Waals surface area contributed by atoms with Crippen molar-refractivity contribution in [2.45, 2.75) is 117 Å². The van der Waals surface area contributed by atoms with Crippen LogP contribution >= 0.6 is 0 Å². The molecule has 0 aliphatic carbocycles. The van der Waals surface area contributed by atoms with Crippen molar-refractivity contribution in [3.63, 3.8) is 0 Å². The molecule has 0 spiro atoms. The van der Waals surface area contributed by atoms with Gasteiger partial charge in [0.1, 0.15) is 6.61 Å². The molecule has 5 heteroatoms. The van der Waals surface area contributed by atoms with E-state index in [4.69, 9.17) is 14.9 Å². The summed E-state index contributed by atoms with van der Waals surface area (Å²) >= 11 is 0. The zero-order valence-electron chi connectivity index (χ0n) is 18.7. The number of unbranched alkanes of at least 4 members (excludes halogenated alkanes) is 11. The second kappa shape index (κ2) is 23.9. The minimum atomic E-state index is -0.745. The number of rotatable bonds is 18. The normalized spacial score (nSPS) is 10.5. The third kappa shape index (κ3) is 29.7. The lowest BCUT2D eigenvalue weighted by Gasteiger charge is -2.05. The Bertz CT molecular complexity index is 342. The van der Waals surface area contributed by atoms with E-state index >= 15 is 0 Å². The quantitative estimate of drug-likeness (QED) is 0.213. The minimum Gasteiger partial charge on any atom is -0.481 e. The Morgan fingerprint density at radius 1 is 0.786 bits per heavy atom. The van der Waals surface area contributed by atoms with E-state index in [-0.39, 0.29) is 25.6 Å². The largest absolute Gasteiger partial charge is 0.481 e. The van der Waals surface area contributed by atoms with Gasteiger partial charge in [0.15, 0.2) is 0 Å². The molecule has 2 N–H and O–H groups in total. The predicted octanol–water partition coefficient (Wildman–Crippen LogP) is 6.12. The Balaban J connectivity index is 0. The number of hydrogen-bond acceptors (Lipinski definition) is 4. The van der Waals surface area contributed by atoms with E-state index in [9.17, 15) is 9.59 Å². The van der Waals surface area contributed by atoms with Crippen LogP contribution in [0, 0.1) is 5.92 Å². The van der Waals surface area contributed by atoms with Gasteiger partial charge in [0.2, 0.25) is 0 Å². The lowest BCUT2D eigenvalue weighted by molar-refractivity contribution is -0.144. The van der Waals surface area contributed by atoms with Gasteiger partial charge in [0.25, 0.3) is 0 Å². The first-order valence-corrected chi connectivity index (χ1v) is 11.4. The second-order valence-corrected chi connectivity index (χ2v) is 7.87. The summed E-state index contributed by atoms with van der Waals surface area (Å²) in [4.78, 5) is 20.6. The van der Waals surface area contributed by atoms with Crippen LogP contribution in [0.15, 0.2) is 0 Å². The molecule has 0 unspecified atom stereocenters. The Labute approximate surface area is 173 Å². The number of carboxylic acid groups (broad SMARTS) is 1. The number of aliphatic hydroxyl groups is 1. The number of esters is 1. The summed E-state index contributed by atoms with van der Waals surface area (Å²) in [6, 6.07) is 0. The molecular weight excluding hydrogens is 356 g/mol. The molecule has 0 aliphatic heterocycles. The summed E-state index contributed by atoms with van der Waals surface area (Å²) in [6.07, 6.45) is 17.8. The third-order valence-corrected chi connectivity index (χ3v) is 4.57. The molecule has 5 nitrogen and oxygen atoms in total. The molecule has 28 heavy (non-hydrogen) atoms. The van der Waals surface area contributed by atoms with Gasteiger partial charge in [-0.2, -0.15) is 0 Å². The summed E-state index contributed by atoms with van der Waals surface area (Å²) in [5, 5.41) is 16.3. The van der Waals surface area contributed by atoms with E-state index in [0.717, 1.165) is 18.8 Å². The number of carbonyl (C=O) groups excluding carboxylic acids is 1. The number of carbonyl (C=O) groups is 2. The zero-order chi connectivity index (χ0) is 21.5. The van der Waals surface area contributed by atoms with Crippen molar-refractivity contribution in [1.82, 2.24) is 0 Å². The van der Waals surface area contributed by atoms with E-state index < -0.39 is 5.97 Å². The van der Waals surface area contributed by atoms with E-state index in [1.54, 1.807) is 6.92 Å². The fourth-order valence-electron chi connectivity index (χ4n) is 2.82. The monoisotopic (exact) mass is 402 g/mol. The average molecular weight is 403 g/mol. The first-order chi connectivity index (χ1) is 13.4. The summed E-state index contributed by atoms with van der Waals surface area (Å²) in [7, 11) is 0. The van der Waals surface area contributed by atoms with Gasteiger partial charge in [-0.05, 0) is 12.3 Å². The SMILES string of the molecule is CC(C)CCCCCCCCCCCCCCC(=O)OCCO.CCC(=O)O. The van der Waals surface area contributed by atoms with Gasteiger partial charge in [0, 0.05) is 12.8 Å². The van der Waals surface area contributed by atoms with Gasteiger partial charge in [-0.25, -0.2) is 0 Å². The summed E-state index contributed by atoms with van der Waals surface area (Å²) in [6.45, 7) is 6.27. The van der Waals surface area contributed by atoms with Gasteiger partial charge in [0.05, 0.1) is 6.61 Å². The third-order valence-electron chi connectivity index (χ3n) is 4.57. The Kier molecular flexibility index (Phi) is 24.9. The molecule has 0 saturated carbocycles. The maximum Gasteiger partial charge on any atom is 0.305 e. The minimum absolute atomic E-state index is 0.0797. The summed E-state index contributed by atoms with van der Waals surface area (Å²) in [5.74, 6) is -0.0568.